The van der Waals surface area contributed by atoms with Gasteiger partial charge in [-0.15, -0.1) is 0 Å². The first-order chi connectivity index (χ1) is 24.3. The SMILES string of the molecule is Cc1ccc2cc1CNC(=O)[C@H](CCc1ccccc1)NC(=O)[C@@H](NC(=O)CCc1ccc3[nH]ccc3c1)CC(=O)N1CCCC(CCO2)C1. The van der Waals surface area contributed by atoms with Gasteiger partial charge in [-0.1, -0.05) is 42.5 Å². The Morgan fingerprint density at radius 1 is 0.940 bits per heavy atom. The second-order valence-electron chi connectivity index (χ2n) is 13.6. The molecular formula is C40H47N5O5. The predicted octanol–water partition coefficient (Wildman–Crippen LogP) is 4.74. The smallest absolute Gasteiger partial charge is 0.243 e. The number of nitrogens with zero attached hydrogens (tertiary/aromatic N) is 1. The number of aromatic amines is 1. The Morgan fingerprint density at radius 3 is 2.66 bits per heavy atom. The summed E-state index contributed by atoms with van der Waals surface area (Å²) in [5.41, 5.74) is 5.01. The molecule has 6 rings (SSSR count). The fraction of sp³-hybridized carbons (Fsp3) is 0.400. The van der Waals surface area contributed by atoms with E-state index in [1.807, 2.05) is 85.9 Å². The standard InChI is InChI=1S/C40H47N5O5/c1-27-9-13-33-23-32(27)25-42-39(48)35(15-10-28-6-3-2-4-7-28)44-40(49)36(24-38(47)45-20-5-8-30(26-45)18-21-50-33)43-37(46)16-12-29-11-14-34-31(22-29)17-19-41-34/h2-4,6-7,9,11,13-14,17,19,22-23,30,35-36,41H,5,8,10,12,15-16,18,20-21,24-26H2,1H3,(H,42,48)(H,43,46)(H,44,49)/t30?,35-,36-/m0/s1. The molecule has 4 amide bonds. The minimum absolute atomic E-state index is 0.149. The maximum Gasteiger partial charge on any atom is 0.243 e. The molecule has 1 unspecified atom stereocenters. The molecule has 4 bridgehead atoms. The van der Waals surface area contributed by atoms with Crippen LogP contribution in [0.25, 0.3) is 10.9 Å². The third kappa shape index (κ3) is 9.31. The monoisotopic (exact) mass is 677 g/mol. The summed E-state index contributed by atoms with van der Waals surface area (Å²) in [5.74, 6) is -0.391. The summed E-state index contributed by atoms with van der Waals surface area (Å²) in [6.45, 7) is 3.95. The van der Waals surface area contributed by atoms with Crippen molar-refractivity contribution in [2.75, 3.05) is 19.7 Å². The molecule has 1 aromatic heterocycles. The molecule has 10 nitrogen and oxygen atoms in total. The zero-order chi connectivity index (χ0) is 34.9. The normalized spacial score (nSPS) is 20.6. The number of ether oxygens (including phenoxy) is 1. The Bertz CT molecular complexity index is 1800. The first-order valence-corrected chi connectivity index (χ1v) is 17.8. The molecule has 4 N–H and O–H groups in total. The first kappa shape index (κ1) is 34.7. The van der Waals surface area contributed by atoms with E-state index in [4.69, 9.17) is 4.74 Å². The maximum atomic E-state index is 14.0. The fourth-order valence-electron chi connectivity index (χ4n) is 6.90. The van der Waals surface area contributed by atoms with Gasteiger partial charge in [0.25, 0.3) is 0 Å². The molecule has 262 valence electrons. The molecule has 2 aliphatic rings. The zero-order valence-electron chi connectivity index (χ0n) is 28.7. The average Bonchev–Trinajstić information content (AvgIpc) is 3.60. The summed E-state index contributed by atoms with van der Waals surface area (Å²) in [5, 5.41) is 9.86. The Morgan fingerprint density at radius 2 is 1.80 bits per heavy atom. The Balaban J connectivity index is 1.22. The van der Waals surface area contributed by atoms with E-state index in [1.54, 1.807) is 4.90 Å². The molecule has 1 fully saturated rings. The molecule has 0 radical (unpaired) electrons. The molecule has 2 aliphatic heterocycles. The third-order valence-corrected chi connectivity index (χ3v) is 9.93. The fourth-order valence-corrected chi connectivity index (χ4v) is 6.90. The number of piperidine rings is 1. The zero-order valence-corrected chi connectivity index (χ0v) is 28.7. The number of H-pyrrole nitrogens is 1. The van der Waals surface area contributed by atoms with Gasteiger partial charge in [-0.2, -0.15) is 0 Å². The van der Waals surface area contributed by atoms with Gasteiger partial charge in [-0.05, 0) is 109 Å². The summed E-state index contributed by atoms with van der Waals surface area (Å²) in [6.07, 6.45) is 5.86. The van der Waals surface area contributed by atoms with Gasteiger partial charge in [0.1, 0.15) is 17.8 Å². The highest BCUT2D eigenvalue weighted by atomic mass is 16.5. The van der Waals surface area contributed by atoms with E-state index in [0.717, 1.165) is 58.2 Å². The van der Waals surface area contributed by atoms with Gasteiger partial charge in [0, 0.05) is 37.8 Å². The molecular weight excluding hydrogens is 630 g/mol. The molecule has 0 saturated carbocycles. The van der Waals surface area contributed by atoms with Gasteiger partial charge in [-0.25, -0.2) is 0 Å². The van der Waals surface area contributed by atoms with Crippen LogP contribution in [0, 0.1) is 12.8 Å². The number of benzene rings is 3. The van der Waals surface area contributed by atoms with E-state index in [-0.39, 0.29) is 43.0 Å². The second-order valence-corrected chi connectivity index (χ2v) is 13.6. The highest BCUT2D eigenvalue weighted by molar-refractivity contribution is 5.95. The predicted molar refractivity (Wildman–Crippen MR) is 192 cm³/mol. The molecule has 3 aromatic carbocycles. The number of hydrogen-bond acceptors (Lipinski definition) is 5. The highest BCUT2D eigenvalue weighted by Gasteiger charge is 2.32. The lowest BCUT2D eigenvalue weighted by Gasteiger charge is -2.34. The minimum atomic E-state index is -1.13. The lowest BCUT2D eigenvalue weighted by Crippen LogP contribution is -2.55. The van der Waals surface area contributed by atoms with E-state index in [0.29, 0.717) is 39.0 Å². The van der Waals surface area contributed by atoms with Crippen LogP contribution in [0.3, 0.4) is 0 Å². The van der Waals surface area contributed by atoms with Crippen molar-refractivity contribution < 1.29 is 23.9 Å². The van der Waals surface area contributed by atoms with E-state index in [1.165, 1.54) is 0 Å². The molecule has 4 aromatic rings. The number of rotatable bonds is 7. The number of carbonyl (C=O) groups is 4. The Hall–Kier alpha value is -5.12. The Kier molecular flexibility index (Phi) is 11.5. The van der Waals surface area contributed by atoms with Crippen molar-refractivity contribution in [1.82, 2.24) is 25.8 Å². The molecule has 0 spiro atoms. The average molecular weight is 678 g/mol. The molecule has 10 heteroatoms. The van der Waals surface area contributed by atoms with Gasteiger partial charge < -0.3 is 30.6 Å². The maximum absolute atomic E-state index is 14.0. The van der Waals surface area contributed by atoms with Gasteiger partial charge >= 0.3 is 0 Å². The van der Waals surface area contributed by atoms with Crippen LogP contribution in [0.1, 0.15) is 60.8 Å². The van der Waals surface area contributed by atoms with Crippen LogP contribution in [-0.2, 0) is 38.6 Å². The first-order valence-electron chi connectivity index (χ1n) is 17.8. The van der Waals surface area contributed by atoms with Crippen LogP contribution in [0.15, 0.2) is 79.0 Å². The van der Waals surface area contributed by atoms with E-state index >= 15 is 0 Å². The van der Waals surface area contributed by atoms with Crippen LogP contribution in [-0.4, -0.2) is 65.3 Å². The van der Waals surface area contributed by atoms with Crippen LogP contribution in [0.2, 0.25) is 0 Å². The van der Waals surface area contributed by atoms with Crippen molar-refractivity contribution in [2.24, 2.45) is 5.92 Å². The number of fused-ring (bicyclic) bond motifs is 5. The van der Waals surface area contributed by atoms with Crippen molar-refractivity contribution in [3.8, 4) is 5.75 Å². The van der Waals surface area contributed by atoms with Crippen LogP contribution in [0.4, 0.5) is 0 Å². The topological polar surface area (TPSA) is 133 Å². The number of carbonyl (C=O) groups excluding carboxylic acids is 4. The van der Waals surface area contributed by atoms with Gasteiger partial charge in [0.15, 0.2) is 0 Å². The summed E-state index contributed by atoms with van der Waals surface area (Å²) < 4.78 is 6.13. The third-order valence-electron chi connectivity index (χ3n) is 9.93. The summed E-state index contributed by atoms with van der Waals surface area (Å²) in [6, 6.07) is 21.6. The van der Waals surface area contributed by atoms with Gasteiger partial charge in [0.05, 0.1) is 13.0 Å². The summed E-state index contributed by atoms with van der Waals surface area (Å²) in [4.78, 5) is 59.8. The van der Waals surface area contributed by atoms with Crippen molar-refractivity contribution >= 4 is 34.5 Å². The Labute approximate surface area is 293 Å². The lowest BCUT2D eigenvalue weighted by atomic mass is 9.94. The molecule has 3 atom stereocenters. The largest absolute Gasteiger partial charge is 0.494 e. The molecule has 3 heterocycles. The van der Waals surface area contributed by atoms with Crippen LogP contribution < -0.4 is 20.7 Å². The van der Waals surface area contributed by atoms with Crippen LogP contribution >= 0.6 is 0 Å². The van der Waals surface area contributed by atoms with E-state index in [9.17, 15) is 19.2 Å². The van der Waals surface area contributed by atoms with E-state index in [2.05, 4.69) is 20.9 Å². The molecule has 1 saturated heterocycles. The minimum Gasteiger partial charge on any atom is -0.494 e. The summed E-state index contributed by atoms with van der Waals surface area (Å²) >= 11 is 0. The number of nitrogens with one attached hydrogen (secondary N) is 4. The summed E-state index contributed by atoms with van der Waals surface area (Å²) in [7, 11) is 0. The second kappa shape index (κ2) is 16.5. The number of hydrogen-bond donors (Lipinski definition) is 4. The van der Waals surface area contributed by atoms with Gasteiger partial charge in [0.2, 0.25) is 23.6 Å². The number of amides is 4. The van der Waals surface area contributed by atoms with Gasteiger partial charge in [-0.3, -0.25) is 19.2 Å². The van der Waals surface area contributed by atoms with E-state index < -0.39 is 18.0 Å². The van der Waals surface area contributed by atoms with Crippen molar-refractivity contribution in [3.63, 3.8) is 0 Å². The highest BCUT2D eigenvalue weighted by Crippen LogP contribution is 2.23. The van der Waals surface area contributed by atoms with Crippen molar-refractivity contribution in [1.29, 1.82) is 0 Å². The molecule has 0 aliphatic carbocycles. The van der Waals surface area contributed by atoms with Crippen molar-refractivity contribution in [2.45, 2.75) is 76.9 Å². The number of aromatic nitrogens is 1. The number of aryl methyl sites for hydroxylation is 3. The van der Waals surface area contributed by atoms with Crippen molar-refractivity contribution in [3.05, 3.63) is 101 Å². The molecule has 50 heavy (non-hydrogen) atoms. The lowest BCUT2D eigenvalue weighted by molar-refractivity contribution is -0.138. The quantitative estimate of drug-likeness (QED) is 0.225. The van der Waals surface area contributed by atoms with Crippen LogP contribution in [0.5, 0.6) is 5.75 Å².